The Morgan fingerprint density at radius 1 is 0.971 bits per heavy atom. The molecule has 1 spiro atoms. The molecule has 0 aromatic carbocycles. The van der Waals surface area contributed by atoms with Gasteiger partial charge in [0.2, 0.25) is 0 Å². The van der Waals surface area contributed by atoms with Crippen molar-refractivity contribution in [3.63, 3.8) is 0 Å². The van der Waals surface area contributed by atoms with Gasteiger partial charge in [-0.05, 0) is 61.8 Å². The minimum Gasteiger partial charge on any atom is -0.387 e. The maximum atomic E-state index is 12.2. The van der Waals surface area contributed by atoms with Gasteiger partial charge in [0, 0.05) is 29.1 Å². The van der Waals surface area contributed by atoms with E-state index in [0.717, 1.165) is 17.6 Å². The summed E-state index contributed by atoms with van der Waals surface area (Å²) in [6.45, 7) is 12.4. The number of ether oxygens (including phenoxy) is 2. The van der Waals surface area contributed by atoms with Gasteiger partial charge in [-0.25, -0.2) is 0 Å². The van der Waals surface area contributed by atoms with Crippen LogP contribution >= 0.6 is 0 Å². The van der Waals surface area contributed by atoms with Crippen LogP contribution in [0.4, 0.5) is 0 Å². The molecule has 0 aromatic heterocycles. The number of aliphatic hydroxyl groups excluding tert-OH is 3. The fourth-order valence-electron chi connectivity index (χ4n) is 8.67. The first-order chi connectivity index (χ1) is 15.8. The highest BCUT2D eigenvalue weighted by atomic mass is 16.7. The van der Waals surface area contributed by atoms with Crippen LogP contribution in [0.15, 0.2) is 34.9 Å². The molecular weight excluding hydrogens is 432 g/mol. The number of rotatable bonds is 0. The van der Waals surface area contributed by atoms with Gasteiger partial charge in [-0.15, -0.1) is 0 Å². The molecule has 2 aliphatic heterocycles. The van der Waals surface area contributed by atoms with Gasteiger partial charge in [-0.1, -0.05) is 39.8 Å². The number of carbonyl (C=O) groups is 1. The van der Waals surface area contributed by atoms with Crippen molar-refractivity contribution in [1.82, 2.24) is 0 Å². The van der Waals surface area contributed by atoms with E-state index in [-0.39, 0.29) is 23.5 Å². The molecule has 0 aromatic rings. The molecule has 3 fully saturated rings. The number of hydrogen-bond acceptors (Lipinski definition) is 6. The summed E-state index contributed by atoms with van der Waals surface area (Å²) >= 11 is 0. The molecule has 3 N–H and O–H groups in total. The Morgan fingerprint density at radius 2 is 1.68 bits per heavy atom. The Morgan fingerprint density at radius 3 is 2.32 bits per heavy atom. The van der Waals surface area contributed by atoms with Crippen LogP contribution in [0.5, 0.6) is 0 Å². The van der Waals surface area contributed by atoms with Crippen LogP contribution in [0, 0.1) is 28.6 Å². The van der Waals surface area contributed by atoms with E-state index < -0.39 is 46.1 Å². The third-order valence-corrected chi connectivity index (χ3v) is 11.1. The first-order valence-corrected chi connectivity index (χ1v) is 12.9. The van der Waals surface area contributed by atoms with Gasteiger partial charge in [-0.3, -0.25) is 4.79 Å². The summed E-state index contributed by atoms with van der Waals surface area (Å²) in [5.41, 5.74) is -0.138. The van der Waals surface area contributed by atoms with Gasteiger partial charge in [-0.2, -0.15) is 0 Å². The highest BCUT2D eigenvalue weighted by Crippen LogP contribution is 2.72. The third-order valence-electron chi connectivity index (χ3n) is 11.1. The number of ketones is 1. The van der Waals surface area contributed by atoms with E-state index in [1.54, 1.807) is 0 Å². The zero-order valence-electron chi connectivity index (χ0n) is 21.1. The van der Waals surface area contributed by atoms with Crippen LogP contribution in [-0.4, -0.2) is 56.4 Å². The van der Waals surface area contributed by atoms with Gasteiger partial charge in [0.1, 0.15) is 23.9 Å². The summed E-state index contributed by atoms with van der Waals surface area (Å²) in [5, 5.41) is 34.5. The summed E-state index contributed by atoms with van der Waals surface area (Å²) in [7, 11) is 0. The quantitative estimate of drug-likeness (QED) is 0.503. The highest BCUT2D eigenvalue weighted by Gasteiger charge is 2.76. The van der Waals surface area contributed by atoms with Gasteiger partial charge in [0.05, 0.1) is 5.60 Å². The standard InChI is InChI=1S/C28H38O6/c1-14-17-9-12-27(34-28(14)23(32)15(2)24(3,4)33-28)20-18(8-11-26(17,27)6)25(5)10-7-16(29)13-19(25)21(30)22(20)31/h8,11,13-15,17,21-23,30-32H,7,9-10,12H2,1-6H3. The van der Waals surface area contributed by atoms with Crippen molar-refractivity contribution >= 4 is 5.78 Å². The average Bonchev–Trinajstić information content (AvgIpc) is 3.10. The summed E-state index contributed by atoms with van der Waals surface area (Å²) in [6.07, 6.45) is 5.32. The van der Waals surface area contributed by atoms with Crippen molar-refractivity contribution in [3.05, 3.63) is 34.9 Å². The van der Waals surface area contributed by atoms with E-state index in [9.17, 15) is 20.1 Å². The first-order valence-electron chi connectivity index (χ1n) is 12.9. The second-order valence-electron chi connectivity index (χ2n) is 12.8. The molecule has 6 aliphatic rings. The largest absolute Gasteiger partial charge is 0.387 e. The summed E-state index contributed by atoms with van der Waals surface area (Å²) in [6, 6.07) is 0. The molecule has 10 atom stereocenters. The topological polar surface area (TPSA) is 96.2 Å². The molecule has 2 heterocycles. The van der Waals surface area contributed by atoms with E-state index in [2.05, 4.69) is 32.9 Å². The van der Waals surface area contributed by atoms with Gasteiger partial charge < -0.3 is 24.8 Å². The van der Waals surface area contributed by atoms with Crippen LogP contribution < -0.4 is 0 Å². The SMILES string of the molecule is CC1C(O)C2(OC1(C)C)OC13CCC(C2C)C1(C)C=CC1=C3C(O)C(O)C2=CC(=O)CCC21C. The molecule has 186 valence electrons. The maximum absolute atomic E-state index is 12.2. The number of hydrogen-bond donors (Lipinski definition) is 3. The normalized spacial score (nSPS) is 55.2. The predicted molar refractivity (Wildman–Crippen MR) is 125 cm³/mol. The Labute approximate surface area is 201 Å². The summed E-state index contributed by atoms with van der Waals surface area (Å²) in [5.74, 6) is -1.18. The van der Waals surface area contributed by atoms with Crippen molar-refractivity contribution in [3.8, 4) is 0 Å². The lowest BCUT2D eigenvalue weighted by Gasteiger charge is -2.63. The molecule has 10 unspecified atom stereocenters. The fourth-order valence-corrected chi connectivity index (χ4v) is 8.67. The third kappa shape index (κ3) is 2.33. The van der Waals surface area contributed by atoms with E-state index in [0.29, 0.717) is 24.8 Å². The van der Waals surface area contributed by atoms with Crippen LogP contribution in [0.1, 0.15) is 67.2 Å². The van der Waals surface area contributed by atoms with Crippen LogP contribution in [0.25, 0.3) is 0 Å². The first kappa shape index (κ1) is 23.1. The Hall–Kier alpha value is -1.31. The van der Waals surface area contributed by atoms with Crippen LogP contribution in [-0.2, 0) is 14.3 Å². The predicted octanol–water partition coefficient (Wildman–Crippen LogP) is 3.21. The number of carbonyl (C=O) groups excluding carboxylic acids is 1. The molecule has 0 radical (unpaired) electrons. The molecule has 6 rings (SSSR count). The van der Waals surface area contributed by atoms with Gasteiger partial charge >= 0.3 is 0 Å². The lowest BCUT2D eigenvalue weighted by Crippen LogP contribution is -2.69. The van der Waals surface area contributed by atoms with Crippen molar-refractivity contribution in [1.29, 1.82) is 0 Å². The Bertz CT molecular complexity index is 1070. The van der Waals surface area contributed by atoms with E-state index in [1.165, 1.54) is 6.08 Å². The smallest absolute Gasteiger partial charge is 0.199 e. The lowest BCUT2D eigenvalue weighted by molar-refractivity contribution is -0.372. The highest BCUT2D eigenvalue weighted by molar-refractivity contribution is 5.92. The van der Waals surface area contributed by atoms with Crippen LogP contribution in [0.3, 0.4) is 0 Å². The second kappa shape index (κ2) is 6.51. The average molecular weight is 471 g/mol. The minimum atomic E-state index is -1.18. The zero-order valence-corrected chi connectivity index (χ0v) is 21.1. The van der Waals surface area contributed by atoms with Crippen molar-refractivity contribution in [2.45, 2.75) is 103 Å². The molecule has 2 saturated heterocycles. The molecule has 34 heavy (non-hydrogen) atoms. The minimum absolute atomic E-state index is 0.00751. The molecule has 6 heteroatoms. The summed E-state index contributed by atoms with van der Waals surface area (Å²) in [4.78, 5) is 12.2. The second-order valence-corrected chi connectivity index (χ2v) is 12.8. The van der Waals surface area contributed by atoms with Gasteiger partial charge in [0.25, 0.3) is 0 Å². The molecule has 6 nitrogen and oxygen atoms in total. The molecular formula is C28H38O6. The molecule has 2 bridgehead atoms. The summed E-state index contributed by atoms with van der Waals surface area (Å²) < 4.78 is 13.8. The Balaban J connectivity index is 1.58. The van der Waals surface area contributed by atoms with Gasteiger partial charge in [0.15, 0.2) is 11.6 Å². The Kier molecular flexibility index (Phi) is 4.43. The number of aliphatic hydroxyl groups is 3. The monoisotopic (exact) mass is 470 g/mol. The lowest BCUT2D eigenvalue weighted by atomic mass is 9.51. The molecule has 1 saturated carbocycles. The van der Waals surface area contributed by atoms with Crippen molar-refractivity contribution < 1.29 is 29.6 Å². The van der Waals surface area contributed by atoms with Crippen molar-refractivity contribution in [2.75, 3.05) is 0 Å². The van der Waals surface area contributed by atoms with E-state index >= 15 is 0 Å². The van der Waals surface area contributed by atoms with E-state index in [4.69, 9.17) is 9.47 Å². The zero-order chi connectivity index (χ0) is 24.6. The maximum Gasteiger partial charge on any atom is 0.199 e. The molecule has 4 aliphatic carbocycles. The fraction of sp³-hybridized carbons (Fsp3) is 0.750. The molecule has 0 amide bonds. The van der Waals surface area contributed by atoms with Crippen molar-refractivity contribution in [2.24, 2.45) is 28.6 Å². The van der Waals surface area contributed by atoms with Crippen LogP contribution in [0.2, 0.25) is 0 Å². The van der Waals surface area contributed by atoms with E-state index in [1.807, 2.05) is 20.8 Å². The number of allylic oxidation sites excluding steroid dienone is 3. The number of fused-ring (bicyclic) bond motifs is 2.